The minimum Gasteiger partial charge on any atom is -0.480 e. The lowest BCUT2D eigenvalue weighted by molar-refractivity contribution is -0.161. The van der Waals surface area contributed by atoms with Crippen LogP contribution in [0.15, 0.2) is 49.1 Å². The summed E-state index contributed by atoms with van der Waals surface area (Å²) in [5, 5.41) is 8.87. The number of esters is 2. The van der Waals surface area contributed by atoms with E-state index >= 15 is 0 Å². The number of nitrogens with two attached hydrogens (primary N) is 1. The molecule has 3 atom stereocenters. The smallest absolute Gasteiger partial charge is 0.472 e. The van der Waals surface area contributed by atoms with Crippen LogP contribution < -0.4 is 5.73 Å². The number of allylic oxidation sites excluding steroid dienone is 7. The van der Waals surface area contributed by atoms with Crippen molar-refractivity contribution in [2.24, 2.45) is 5.73 Å². The van der Waals surface area contributed by atoms with E-state index in [9.17, 15) is 23.8 Å². The Morgan fingerprint density at radius 3 is 1.61 bits per heavy atom. The van der Waals surface area contributed by atoms with Gasteiger partial charge in [0.2, 0.25) is 0 Å². The molecule has 0 radical (unpaired) electrons. The summed E-state index contributed by atoms with van der Waals surface area (Å²) in [5.74, 6) is -2.43. The van der Waals surface area contributed by atoms with Crippen molar-refractivity contribution in [3.8, 4) is 0 Å². The molecule has 0 spiro atoms. The van der Waals surface area contributed by atoms with Gasteiger partial charge in [-0.2, -0.15) is 0 Å². The lowest BCUT2D eigenvalue weighted by atomic mass is 10.0. The van der Waals surface area contributed by atoms with Crippen LogP contribution in [-0.4, -0.2) is 59.9 Å². The lowest BCUT2D eigenvalue weighted by Crippen LogP contribution is -2.34. The first-order chi connectivity index (χ1) is 26.1. The number of ether oxygens (including phenoxy) is 2. The fourth-order valence-electron chi connectivity index (χ4n) is 5.40. The summed E-state index contributed by atoms with van der Waals surface area (Å²) < 4.78 is 32.6. The minimum absolute atomic E-state index is 0.150. The van der Waals surface area contributed by atoms with E-state index in [0.29, 0.717) is 12.8 Å². The molecule has 4 N–H and O–H groups in total. The molecule has 1 unspecified atom stereocenters. The van der Waals surface area contributed by atoms with Gasteiger partial charge in [0.05, 0.1) is 13.2 Å². The lowest BCUT2D eigenvalue weighted by Gasteiger charge is -2.20. The SMILES string of the molecule is C=CCCCCCCCCCCCCCCCC(=O)O[C@H](COC(=O)CCCC/C=C/C/C=C/C/C=C/CCCCC)COP(=O)(O)OC[C@H](N)C(=O)O. The molecule has 0 aliphatic carbocycles. The number of carbonyl (C=O) groups is 3. The summed E-state index contributed by atoms with van der Waals surface area (Å²) in [5.41, 5.74) is 5.32. The molecule has 54 heavy (non-hydrogen) atoms. The minimum atomic E-state index is -4.72. The van der Waals surface area contributed by atoms with Gasteiger partial charge in [-0.15, -0.1) is 6.58 Å². The van der Waals surface area contributed by atoms with Crippen LogP contribution in [-0.2, 0) is 37.5 Å². The monoisotopic (exact) mass is 784 g/mol. The van der Waals surface area contributed by atoms with Gasteiger partial charge >= 0.3 is 25.7 Å². The third-order valence-corrected chi connectivity index (χ3v) is 9.65. The van der Waals surface area contributed by atoms with E-state index in [1.165, 1.54) is 77.0 Å². The highest BCUT2D eigenvalue weighted by Crippen LogP contribution is 2.43. The number of hydrogen-bond acceptors (Lipinski definition) is 9. The normalized spacial score (nSPS) is 14.1. The Morgan fingerprint density at radius 2 is 1.07 bits per heavy atom. The zero-order valence-electron chi connectivity index (χ0n) is 33.4. The molecule has 0 aliphatic rings. The number of carboxylic acid groups (broad SMARTS) is 1. The molecule has 0 bridgehead atoms. The van der Waals surface area contributed by atoms with Gasteiger partial charge in [-0.05, 0) is 64.2 Å². The van der Waals surface area contributed by atoms with Gasteiger partial charge < -0.3 is 25.2 Å². The second kappa shape index (κ2) is 37.4. The van der Waals surface area contributed by atoms with Crippen LogP contribution in [0.1, 0.15) is 167 Å². The third-order valence-electron chi connectivity index (χ3n) is 8.70. The first-order valence-electron chi connectivity index (χ1n) is 20.6. The quantitative estimate of drug-likeness (QED) is 0.0234. The van der Waals surface area contributed by atoms with Crippen LogP contribution in [0.5, 0.6) is 0 Å². The molecule has 0 rings (SSSR count). The summed E-state index contributed by atoms with van der Waals surface area (Å²) in [6, 6.07) is -1.53. The van der Waals surface area contributed by atoms with Gasteiger partial charge in [-0.3, -0.25) is 23.4 Å². The van der Waals surface area contributed by atoms with Crippen LogP contribution in [0.4, 0.5) is 0 Å². The summed E-state index contributed by atoms with van der Waals surface area (Å²) in [6.07, 6.45) is 39.3. The molecule has 0 aromatic heterocycles. The van der Waals surface area contributed by atoms with Crippen molar-refractivity contribution in [3.63, 3.8) is 0 Å². The Bertz CT molecular complexity index is 1090. The van der Waals surface area contributed by atoms with Crippen molar-refractivity contribution in [2.45, 2.75) is 180 Å². The first kappa shape index (κ1) is 51.4. The van der Waals surface area contributed by atoms with Gasteiger partial charge in [0, 0.05) is 12.8 Å². The molecule has 0 aromatic rings. The summed E-state index contributed by atoms with van der Waals surface area (Å²) >= 11 is 0. The summed E-state index contributed by atoms with van der Waals surface area (Å²) in [4.78, 5) is 45.8. The third kappa shape index (κ3) is 36.4. The van der Waals surface area contributed by atoms with Crippen LogP contribution in [0.2, 0.25) is 0 Å². The number of rotatable bonds is 39. The molecular weight excluding hydrogens is 709 g/mol. The van der Waals surface area contributed by atoms with Crippen molar-refractivity contribution in [3.05, 3.63) is 49.1 Å². The number of carboxylic acids is 1. The molecule has 0 saturated heterocycles. The Labute approximate surface area is 326 Å². The number of unbranched alkanes of at least 4 members (excludes halogenated alkanes) is 18. The number of aliphatic carboxylic acids is 1. The number of phosphoric ester groups is 1. The van der Waals surface area contributed by atoms with E-state index in [0.717, 1.165) is 57.8 Å². The van der Waals surface area contributed by atoms with Crippen LogP contribution in [0.3, 0.4) is 0 Å². The molecule has 11 nitrogen and oxygen atoms in total. The number of hydrogen-bond donors (Lipinski definition) is 3. The van der Waals surface area contributed by atoms with E-state index < -0.39 is 51.1 Å². The van der Waals surface area contributed by atoms with Crippen molar-refractivity contribution in [1.29, 1.82) is 0 Å². The number of phosphoric acid groups is 1. The molecule has 0 saturated carbocycles. The maximum absolute atomic E-state index is 12.6. The van der Waals surface area contributed by atoms with E-state index in [-0.39, 0.29) is 19.4 Å². The van der Waals surface area contributed by atoms with Crippen LogP contribution in [0, 0.1) is 0 Å². The number of carbonyl (C=O) groups excluding carboxylic acids is 2. The predicted octanol–water partition coefficient (Wildman–Crippen LogP) is 10.6. The average Bonchev–Trinajstić information content (AvgIpc) is 3.14. The Kier molecular flexibility index (Phi) is 35.6. The van der Waals surface area contributed by atoms with E-state index in [2.05, 4.69) is 54.5 Å². The van der Waals surface area contributed by atoms with Crippen molar-refractivity contribution in [1.82, 2.24) is 0 Å². The van der Waals surface area contributed by atoms with Crippen molar-refractivity contribution < 1.29 is 47.5 Å². The standard InChI is InChI=1S/C42H74NO10P/c1-3-5-7-9-11-13-15-17-19-21-23-25-27-29-31-33-40(44)50-35-38(36-51-54(48,49)52-37-39(43)42(46)47)53-41(45)34-32-30-28-26-24-22-20-18-16-14-12-10-8-6-4-2/h4,11,13,17,19,23,25,38-39H,2-3,5-10,12,14-16,18,20-22,24,26-37,43H2,1H3,(H,46,47)(H,48,49)/b13-11+,19-17+,25-23+/t38-,39+/m1/s1. The highest BCUT2D eigenvalue weighted by atomic mass is 31.2. The van der Waals surface area contributed by atoms with E-state index in [1.807, 2.05) is 6.08 Å². The maximum atomic E-state index is 12.6. The highest BCUT2D eigenvalue weighted by Gasteiger charge is 2.28. The summed E-state index contributed by atoms with van der Waals surface area (Å²) in [7, 11) is -4.72. The largest absolute Gasteiger partial charge is 0.480 e. The van der Waals surface area contributed by atoms with E-state index in [1.54, 1.807) is 0 Å². The van der Waals surface area contributed by atoms with Gasteiger partial charge in [-0.25, -0.2) is 4.57 Å². The van der Waals surface area contributed by atoms with Crippen molar-refractivity contribution >= 4 is 25.7 Å². The summed E-state index contributed by atoms with van der Waals surface area (Å²) in [6.45, 7) is 4.24. The van der Waals surface area contributed by atoms with Crippen molar-refractivity contribution in [2.75, 3.05) is 19.8 Å². The van der Waals surface area contributed by atoms with Gasteiger partial charge in [-0.1, -0.05) is 133 Å². The Hall–Kier alpha value is -2.56. The molecule has 0 amide bonds. The van der Waals surface area contributed by atoms with Crippen LogP contribution >= 0.6 is 7.82 Å². The molecule has 0 aliphatic heterocycles. The molecule has 0 fully saturated rings. The maximum Gasteiger partial charge on any atom is 0.472 e. The van der Waals surface area contributed by atoms with Crippen LogP contribution in [0.25, 0.3) is 0 Å². The van der Waals surface area contributed by atoms with Gasteiger partial charge in [0.1, 0.15) is 12.6 Å². The molecular formula is C42H74NO10P. The molecule has 0 heterocycles. The molecule has 12 heteroatoms. The zero-order valence-corrected chi connectivity index (χ0v) is 34.3. The van der Waals surface area contributed by atoms with Gasteiger partial charge in [0.25, 0.3) is 0 Å². The first-order valence-corrected chi connectivity index (χ1v) is 22.1. The second-order valence-electron chi connectivity index (χ2n) is 13.9. The Morgan fingerprint density at radius 1 is 0.630 bits per heavy atom. The fourth-order valence-corrected chi connectivity index (χ4v) is 6.18. The fraction of sp³-hybridized carbons (Fsp3) is 0.738. The zero-order chi connectivity index (χ0) is 40.0. The topological polar surface area (TPSA) is 172 Å². The highest BCUT2D eigenvalue weighted by molar-refractivity contribution is 7.47. The molecule has 312 valence electrons. The second-order valence-corrected chi connectivity index (χ2v) is 15.3. The Balaban J connectivity index is 4.44. The van der Waals surface area contributed by atoms with Gasteiger partial charge in [0.15, 0.2) is 6.10 Å². The average molecular weight is 784 g/mol. The molecule has 0 aromatic carbocycles. The predicted molar refractivity (Wildman–Crippen MR) is 217 cm³/mol. The van der Waals surface area contributed by atoms with E-state index in [4.69, 9.17) is 24.8 Å².